The Morgan fingerprint density at radius 1 is 0.973 bits per heavy atom. The van der Waals surface area contributed by atoms with Gasteiger partial charge < -0.3 is 19.6 Å². The maximum Gasteiger partial charge on any atom is 0.219 e. The van der Waals surface area contributed by atoms with Gasteiger partial charge in [0.25, 0.3) is 0 Å². The highest BCUT2D eigenvalue weighted by Gasteiger charge is 2.15. The minimum atomic E-state index is 0.101. The summed E-state index contributed by atoms with van der Waals surface area (Å²) in [5.41, 5.74) is 1.36. The zero-order valence-corrected chi connectivity index (χ0v) is 24.3. The average Bonchev–Trinajstić information content (AvgIpc) is 2.88. The van der Waals surface area contributed by atoms with Gasteiger partial charge in [-0.25, -0.2) is 0 Å². The van der Waals surface area contributed by atoms with E-state index in [9.17, 15) is 4.79 Å². The second-order valence-electron chi connectivity index (χ2n) is 11.1. The second kappa shape index (κ2) is 22.3. The van der Waals surface area contributed by atoms with E-state index in [1.54, 1.807) is 0 Å². The first-order valence-corrected chi connectivity index (χ1v) is 15.0. The highest BCUT2D eigenvalue weighted by molar-refractivity contribution is 5.75. The van der Waals surface area contributed by atoms with Gasteiger partial charge in [-0.1, -0.05) is 94.4 Å². The molecule has 212 valence electrons. The van der Waals surface area contributed by atoms with Gasteiger partial charge in [0.15, 0.2) is 0 Å². The molecule has 5 nitrogen and oxygen atoms in total. The van der Waals surface area contributed by atoms with Crippen LogP contribution in [0.3, 0.4) is 0 Å². The molecule has 1 rings (SSSR count). The molecule has 0 bridgehead atoms. The van der Waals surface area contributed by atoms with Crippen LogP contribution in [-0.4, -0.2) is 62.0 Å². The molecule has 1 aromatic rings. The van der Waals surface area contributed by atoms with Crippen molar-refractivity contribution in [2.45, 2.75) is 109 Å². The summed E-state index contributed by atoms with van der Waals surface area (Å²) in [4.78, 5) is 12.1. The molecule has 0 aliphatic rings. The lowest BCUT2D eigenvalue weighted by Crippen LogP contribution is -2.41. The molecule has 0 saturated carbocycles. The number of benzene rings is 1. The fourth-order valence-corrected chi connectivity index (χ4v) is 4.71. The molecule has 1 atom stereocenters. The van der Waals surface area contributed by atoms with Gasteiger partial charge >= 0.3 is 0 Å². The average molecular weight is 518 g/mol. The van der Waals surface area contributed by atoms with E-state index in [4.69, 9.17) is 9.84 Å². The van der Waals surface area contributed by atoms with Crippen LogP contribution in [-0.2, 0) is 16.1 Å². The molecule has 0 aromatic heterocycles. The van der Waals surface area contributed by atoms with Crippen molar-refractivity contribution < 1.29 is 19.1 Å². The highest BCUT2D eigenvalue weighted by Crippen LogP contribution is 2.13. The Balaban J connectivity index is 1.99. The molecule has 0 fully saturated rings. The van der Waals surface area contributed by atoms with Crippen LogP contribution in [0.2, 0.25) is 0 Å². The molecule has 2 N–H and O–H groups in total. The third-order valence-electron chi connectivity index (χ3n) is 6.88. The first kappa shape index (κ1) is 33.3. The van der Waals surface area contributed by atoms with Gasteiger partial charge in [0.1, 0.15) is 6.54 Å². The number of hydrogen-bond acceptors (Lipinski definition) is 3. The quantitative estimate of drug-likeness (QED) is 0.0901. The number of unbranched alkanes of at least 4 members (excludes halogenated alkanes) is 8. The Labute approximate surface area is 228 Å². The number of ether oxygens (including phenoxy) is 1. The van der Waals surface area contributed by atoms with Crippen molar-refractivity contribution in [1.82, 2.24) is 5.32 Å². The molecule has 1 unspecified atom stereocenters. The number of nitrogens with one attached hydrogen (secondary N) is 1. The van der Waals surface area contributed by atoms with E-state index in [-0.39, 0.29) is 18.6 Å². The van der Waals surface area contributed by atoms with Crippen LogP contribution < -0.4 is 5.32 Å². The van der Waals surface area contributed by atoms with E-state index < -0.39 is 0 Å². The van der Waals surface area contributed by atoms with Crippen molar-refractivity contribution in [3.05, 3.63) is 48.0 Å². The minimum absolute atomic E-state index is 0.101. The lowest BCUT2D eigenvalue weighted by atomic mass is 10.1. The van der Waals surface area contributed by atoms with E-state index >= 15 is 0 Å². The summed E-state index contributed by atoms with van der Waals surface area (Å²) in [6.45, 7) is 5.62. The minimum Gasteiger partial charge on any atom is -0.394 e. The molecular weight excluding hydrogens is 460 g/mol. The predicted octanol–water partition coefficient (Wildman–Crippen LogP) is 6.79. The van der Waals surface area contributed by atoms with E-state index in [1.807, 2.05) is 0 Å². The van der Waals surface area contributed by atoms with E-state index in [1.165, 1.54) is 50.5 Å². The third kappa shape index (κ3) is 20.0. The first-order chi connectivity index (χ1) is 18.0. The molecule has 37 heavy (non-hydrogen) atoms. The van der Waals surface area contributed by atoms with Gasteiger partial charge in [-0.15, -0.1) is 0 Å². The maximum absolute atomic E-state index is 12.1. The molecule has 0 radical (unpaired) electrons. The SMILES string of the molecule is CCCCCCC(C/C=C\CCCCCCCC(=O)NCCC[N+](C)(C)Cc1ccccc1)OCCO. The monoisotopic (exact) mass is 517 g/mol. The number of aliphatic hydroxyl groups is 1. The molecule has 5 heteroatoms. The van der Waals surface area contributed by atoms with E-state index in [2.05, 4.69) is 68.8 Å². The molecule has 0 aliphatic carbocycles. The third-order valence-corrected chi connectivity index (χ3v) is 6.88. The summed E-state index contributed by atoms with van der Waals surface area (Å²) in [5, 5.41) is 12.1. The van der Waals surface area contributed by atoms with Crippen molar-refractivity contribution in [1.29, 1.82) is 0 Å². The standard InChI is InChI=1S/C32H56N2O3/c1-4-5-6-16-22-31(37-28-27-35)23-17-11-9-7-8-10-12-18-24-32(36)33-25-19-26-34(2,3)29-30-20-14-13-15-21-30/h11,13-15,17,20-21,31,35H,4-10,12,16,18-19,22-29H2,1-3H3/p+1/b17-11-. The fourth-order valence-electron chi connectivity index (χ4n) is 4.71. The molecule has 0 aliphatic heterocycles. The number of carbonyl (C=O) groups excluding carboxylic acids is 1. The fraction of sp³-hybridized carbons (Fsp3) is 0.719. The molecule has 0 saturated heterocycles. The normalized spacial score (nSPS) is 12.8. The van der Waals surface area contributed by atoms with Gasteiger partial charge in [0, 0.05) is 24.9 Å². The van der Waals surface area contributed by atoms with Crippen LogP contribution in [0.4, 0.5) is 0 Å². The van der Waals surface area contributed by atoms with Gasteiger partial charge in [-0.3, -0.25) is 4.79 Å². The Morgan fingerprint density at radius 3 is 2.46 bits per heavy atom. The molecule has 1 amide bonds. The number of nitrogens with zero attached hydrogens (tertiary/aromatic N) is 1. The number of amides is 1. The summed E-state index contributed by atoms with van der Waals surface area (Å²) in [7, 11) is 4.51. The largest absolute Gasteiger partial charge is 0.394 e. The van der Waals surface area contributed by atoms with Crippen LogP contribution in [0, 0.1) is 0 Å². The summed E-state index contributed by atoms with van der Waals surface area (Å²) < 4.78 is 6.73. The maximum atomic E-state index is 12.1. The van der Waals surface area contributed by atoms with E-state index in [0.29, 0.717) is 13.0 Å². The molecule has 0 spiro atoms. The predicted molar refractivity (Wildman–Crippen MR) is 156 cm³/mol. The second-order valence-corrected chi connectivity index (χ2v) is 11.1. The Hall–Kier alpha value is -1.69. The number of allylic oxidation sites excluding steroid dienone is 1. The van der Waals surface area contributed by atoms with E-state index in [0.717, 1.165) is 62.6 Å². The highest BCUT2D eigenvalue weighted by atomic mass is 16.5. The summed E-state index contributed by atoms with van der Waals surface area (Å²) in [5.74, 6) is 0.198. The number of quaternary nitrogens is 1. The smallest absolute Gasteiger partial charge is 0.219 e. The lowest BCUT2D eigenvalue weighted by molar-refractivity contribution is -0.903. The van der Waals surface area contributed by atoms with Gasteiger partial charge in [0.2, 0.25) is 5.91 Å². The molecule has 0 heterocycles. The van der Waals surface area contributed by atoms with Crippen molar-refractivity contribution in [3.63, 3.8) is 0 Å². The van der Waals surface area contributed by atoms with Gasteiger partial charge in [-0.05, 0) is 32.1 Å². The number of carbonyl (C=O) groups is 1. The van der Waals surface area contributed by atoms with Crippen molar-refractivity contribution >= 4 is 5.91 Å². The van der Waals surface area contributed by atoms with Crippen LogP contribution in [0.1, 0.15) is 102 Å². The zero-order chi connectivity index (χ0) is 27.0. The number of aliphatic hydroxyl groups excluding tert-OH is 1. The summed E-state index contributed by atoms with van der Waals surface area (Å²) >= 11 is 0. The van der Waals surface area contributed by atoms with Crippen LogP contribution >= 0.6 is 0 Å². The Bertz CT molecular complexity index is 691. The van der Waals surface area contributed by atoms with Crippen molar-refractivity contribution in [2.24, 2.45) is 0 Å². The number of rotatable bonds is 24. The van der Waals surface area contributed by atoms with Crippen molar-refractivity contribution in [2.75, 3.05) is 40.4 Å². The lowest BCUT2D eigenvalue weighted by Gasteiger charge is -2.30. The number of hydrogen-bond donors (Lipinski definition) is 2. The van der Waals surface area contributed by atoms with Gasteiger partial charge in [-0.2, -0.15) is 0 Å². The summed E-state index contributed by atoms with van der Waals surface area (Å²) in [6.07, 6.45) is 20.4. The van der Waals surface area contributed by atoms with Crippen LogP contribution in [0.25, 0.3) is 0 Å². The van der Waals surface area contributed by atoms with Gasteiger partial charge in [0.05, 0.1) is 40.0 Å². The molecule has 1 aromatic carbocycles. The van der Waals surface area contributed by atoms with Crippen molar-refractivity contribution in [3.8, 4) is 0 Å². The van der Waals surface area contributed by atoms with Crippen LogP contribution in [0.5, 0.6) is 0 Å². The molecular formula is C32H57N2O3+. The topological polar surface area (TPSA) is 58.6 Å². The first-order valence-electron chi connectivity index (χ1n) is 15.0. The zero-order valence-electron chi connectivity index (χ0n) is 24.3. The summed E-state index contributed by atoms with van der Waals surface area (Å²) in [6, 6.07) is 10.6. The Morgan fingerprint density at radius 2 is 1.70 bits per heavy atom. The van der Waals surface area contributed by atoms with Crippen LogP contribution in [0.15, 0.2) is 42.5 Å². The Kier molecular flexibility index (Phi) is 20.1.